The zero-order valence-corrected chi connectivity index (χ0v) is 17.5. The van der Waals surface area contributed by atoms with E-state index in [0.717, 1.165) is 31.2 Å². The smallest absolute Gasteiger partial charge is 0.251 e. The van der Waals surface area contributed by atoms with E-state index in [1.54, 1.807) is 35.5 Å². The van der Waals surface area contributed by atoms with E-state index in [9.17, 15) is 17.6 Å². The summed E-state index contributed by atoms with van der Waals surface area (Å²) in [5.41, 5.74) is 1.88. The van der Waals surface area contributed by atoms with Crippen molar-refractivity contribution in [3.8, 4) is 0 Å². The van der Waals surface area contributed by atoms with Crippen LogP contribution in [0.15, 0.2) is 47.4 Å². The Hall–Kier alpha value is -2.25. The highest BCUT2D eigenvalue weighted by atomic mass is 32.2. The average molecular weight is 419 g/mol. The van der Waals surface area contributed by atoms with Crippen LogP contribution in [0.3, 0.4) is 0 Å². The van der Waals surface area contributed by atoms with Gasteiger partial charge in [-0.2, -0.15) is 4.31 Å². The van der Waals surface area contributed by atoms with Crippen LogP contribution < -0.4 is 5.32 Å². The van der Waals surface area contributed by atoms with Crippen LogP contribution in [-0.4, -0.2) is 38.3 Å². The number of aryl methyl sites for hydroxylation is 1. The van der Waals surface area contributed by atoms with Crippen molar-refractivity contribution < 1.29 is 17.6 Å². The number of hydrogen-bond acceptors (Lipinski definition) is 3. The molecule has 0 aromatic heterocycles. The lowest BCUT2D eigenvalue weighted by Crippen LogP contribution is -2.33. The first kappa shape index (κ1) is 21.5. The first-order valence-corrected chi connectivity index (χ1v) is 11.5. The van der Waals surface area contributed by atoms with Crippen molar-refractivity contribution in [3.05, 3.63) is 65.0 Å². The number of amides is 1. The number of nitrogens with one attached hydrogen (secondary N) is 1. The molecule has 0 unspecified atom stereocenters. The number of nitrogens with zero attached hydrogens (tertiary/aromatic N) is 1. The number of carbonyl (C=O) groups excluding carboxylic acids is 1. The molecule has 0 atom stereocenters. The Morgan fingerprint density at radius 2 is 1.69 bits per heavy atom. The fraction of sp³-hybridized carbons (Fsp3) is 0.409. The lowest BCUT2D eigenvalue weighted by molar-refractivity contribution is 0.0954. The van der Waals surface area contributed by atoms with Crippen LogP contribution in [0, 0.1) is 12.7 Å². The maximum atomic E-state index is 13.1. The van der Waals surface area contributed by atoms with Crippen LogP contribution in [0.4, 0.5) is 4.39 Å². The Morgan fingerprint density at radius 3 is 2.34 bits per heavy atom. The molecular weight excluding hydrogens is 391 g/mol. The van der Waals surface area contributed by atoms with E-state index in [0.29, 0.717) is 37.2 Å². The standard InChI is InChI=1S/C22H27FN2O3S/c1-17-6-9-19(22(26)24-13-12-18-7-10-20(23)11-8-18)16-21(17)29(27,28)25-14-4-2-3-5-15-25/h6-11,16H,2-5,12-15H2,1H3,(H,24,26). The highest BCUT2D eigenvalue weighted by molar-refractivity contribution is 7.89. The summed E-state index contributed by atoms with van der Waals surface area (Å²) in [7, 11) is -3.62. The van der Waals surface area contributed by atoms with Gasteiger partial charge in [-0.1, -0.05) is 31.0 Å². The molecule has 0 bridgehead atoms. The van der Waals surface area contributed by atoms with Gasteiger partial charge in [0.15, 0.2) is 0 Å². The van der Waals surface area contributed by atoms with Crippen molar-refractivity contribution in [1.29, 1.82) is 0 Å². The number of carbonyl (C=O) groups is 1. The van der Waals surface area contributed by atoms with Crippen LogP contribution in [0.2, 0.25) is 0 Å². The second kappa shape index (κ2) is 9.50. The van der Waals surface area contributed by atoms with Gasteiger partial charge in [-0.15, -0.1) is 0 Å². The first-order chi connectivity index (χ1) is 13.9. The van der Waals surface area contributed by atoms with Gasteiger partial charge in [0, 0.05) is 25.2 Å². The van der Waals surface area contributed by atoms with Gasteiger partial charge in [-0.05, 0) is 61.6 Å². The van der Waals surface area contributed by atoms with E-state index in [-0.39, 0.29) is 16.6 Å². The number of benzene rings is 2. The van der Waals surface area contributed by atoms with Crippen molar-refractivity contribution in [1.82, 2.24) is 9.62 Å². The topological polar surface area (TPSA) is 66.5 Å². The fourth-order valence-electron chi connectivity index (χ4n) is 3.51. The van der Waals surface area contributed by atoms with Gasteiger partial charge in [0.2, 0.25) is 10.0 Å². The molecule has 1 heterocycles. The molecule has 0 saturated carbocycles. The summed E-state index contributed by atoms with van der Waals surface area (Å²) in [5.74, 6) is -0.616. The van der Waals surface area contributed by atoms with E-state index >= 15 is 0 Å². The molecule has 156 valence electrons. The van der Waals surface area contributed by atoms with Gasteiger partial charge in [-0.3, -0.25) is 4.79 Å². The minimum absolute atomic E-state index is 0.200. The molecule has 3 rings (SSSR count). The Balaban J connectivity index is 1.70. The SMILES string of the molecule is Cc1ccc(C(=O)NCCc2ccc(F)cc2)cc1S(=O)(=O)N1CCCCCC1. The summed E-state index contributed by atoms with van der Waals surface area (Å²) >= 11 is 0. The average Bonchev–Trinajstić information content (AvgIpc) is 3.00. The minimum Gasteiger partial charge on any atom is -0.352 e. The largest absolute Gasteiger partial charge is 0.352 e. The predicted molar refractivity (Wildman–Crippen MR) is 111 cm³/mol. The molecule has 1 saturated heterocycles. The molecule has 0 spiro atoms. The van der Waals surface area contributed by atoms with Crippen LogP contribution in [-0.2, 0) is 16.4 Å². The zero-order valence-electron chi connectivity index (χ0n) is 16.7. The number of rotatable bonds is 6. The van der Waals surface area contributed by atoms with Crippen molar-refractivity contribution >= 4 is 15.9 Å². The molecule has 7 heteroatoms. The lowest BCUT2D eigenvalue weighted by atomic mass is 10.1. The molecule has 0 radical (unpaired) electrons. The van der Waals surface area contributed by atoms with E-state index in [1.165, 1.54) is 18.2 Å². The van der Waals surface area contributed by atoms with Crippen LogP contribution in [0.25, 0.3) is 0 Å². The molecular formula is C22H27FN2O3S. The highest BCUT2D eigenvalue weighted by Gasteiger charge is 2.27. The highest BCUT2D eigenvalue weighted by Crippen LogP contribution is 2.24. The summed E-state index contributed by atoms with van der Waals surface area (Å²) in [6.07, 6.45) is 4.38. The van der Waals surface area contributed by atoms with Gasteiger partial charge in [0.25, 0.3) is 5.91 Å². The summed E-state index contributed by atoms with van der Waals surface area (Å²) in [5, 5.41) is 2.81. The van der Waals surface area contributed by atoms with Gasteiger partial charge in [0.1, 0.15) is 5.82 Å². The maximum Gasteiger partial charge on any atom is 0.251 e. The van der Waals surface area contributed by atoms with Gasteiger partial charge in [-0.25, -0.2) is 12.8 Å². The van der Waals surface area contributed by atoms with Gasteiger partial charge >= 0.3 is 0 Å². The lowest BCUT2D eigenvalue weighted by Gasteiger charge is -2.21. The second-order valence-corrected chi connectivity index (χ2v) is 9.34. The Kier molecular flexibility index (Phi) is 7.03. The van der Waals surface area contributed by atoms with Crippen molar-refractivity contribution in [2.24, 2.45) is 0 Å². The Bertz CT molecular complexity index is 951. The van der Waals surface area contributed by atoms with Crippen molar-refractivity contribution in [2.75, 3.05) is 19.6 Å². The van der Waals surface area contributed by atoms with Gasteiger partial charge < -0.3 is 5.32 Å². The molecule has 1 amide bonds. The summed E-state index contributed by atoms with van der Waals surface area (Å²) in [4.78, 5) is 12.7. The Labute approximate surface area is 172 Å². The normalized spacial score (nSPS) is 15.7. The third kappa shape index (κ3) is 5.42. The minimum atomic E-state index is -3.62. The summed E-state index contributed by atoms with van der Waals surface area (Å²) in [6.45, 7) is 3.18. The molecule has 1 N–H and O–H groups in total. The molecule has 5 nitrogen and oxygen atoms in total. The van der Waals surface area contributed by atoms with E-state index in [4.69, 9.17) is 0 Å². The van der Waals surface area contributed by atoms with E-state index in [2.05, 4.69) is 5.32 Å². The van der Waals surface area contributed by atoms with Crippen LogP contribution >= 0.6 is 0 Å². The number of sulfonamides is 1. The molecule has 1 aliphatic rings. The zero-order chi connectivity index (χ0) is 20.9. The van der Waals surface area contributed by atoms with E-state index in [1.807, 2.05) is 0 Å². The molecule has 1 fully saturated rings. The van der Waals surface area contributed by atoms with Gasteiger partial charge in [0.05, 0.1) is 4.90 Å². The fourth-order valence-corrected chi connectivity index (χ4v) is 5.28. The number of halogens is 1. The monoisotopic (exact) mass is 418 g/mol. The van der Waals surface area contributed by atoms with Crippen LogP contribution in [0.1, 0.15) is 47.2 Å². The number of hydrogen-bond donors (Lipinski definition) is 1. The maximum absolute atomic E-state index is 13.1. The summed E-state index contributed by atoms with van der Waals surface area (Å²) in [6, 6.07) is 10.9. The second-order valence-electron chi connectivity index (χ2n) is 7.43. The van der Waals surface area contributed by atoms with E-state index < -0.39 is 10.0 Å². The van der Waals surface area contributed by atoms with Crippen molar-refractivity contribution in [3.63, 3.8) is 0 Å². The molecule has 0 aliphatic carbocycles. The third-order valence-electron chi connectivity index (χ3n) is 5.25. The molecule has 1 aliphatic heterocycles. The van der Waals surface area contributed by atoms with Crippen LogP contribution in [0.5, 0.6) is 0 Å². The van der Waals surface area contributed by atoms with Crippen molar-refractivity contribution in [2.45, 2.75) is 43.9 Å². The summed E-state index contributed by atoms with van der Waals surface area (Å²) < 4.78 is 40.8. The molecule has 29 heavy (non-hydrogen) atoms. The quantitative estimate of drug-likeness (QED) is 0.778. The predicted octanol–water partition coefficient (Wildman–Crippen LogP) is 3.67. The first-order valence-electron chi connectivity index (χ1n) is 10.0. The Morgan fingerprint density at radius 1 is 1.03 bits per heavy atom. The molecule has 2 aromatic carbocycles. The third-order valence-corrected chi connectivity index (χ3v) is 7.29. The molecule has 2 aromatic rings.